The van der Waals surface area contributed by atoms with Gasteiger partial charge in [-0.05, 0) is 12.8 Å². The lowest BCUT2D eigenvalue weighted by Crippen LogP contribution is -1.80. The fraction of sp³-hybridized carbons (Fsp3) is 0.714. The lowest BCUT2D eigenvalue weighted by atomic mass is 10.1. The number of hydrogen-bond donors (Lipinski definition) is 0. The van der Waals surface area contributed by atoms with Gasteiger partial charge in [0.25, 0.3) is 0 Å². The predicted molar refractivity (Wildman–Crippen MR) is 47.6 cm³/mol. The average molecular weight is 224 g/mol. The van der Waals surface area contributed by atoms with Crippen LogP contribution in [0, 0.1) is 0 Å². The Morgan fingerprint density at radius 2 is 2.12 bits per heavy atom. The average Bonchev–Trinajstić information content (AvgIpc) is 1.68. The molecule has 0 heterocycles. The Labute approximate surface area is 65.5 Å². The minimum absolute atomic E-state index is 1.20. The standard InChI is InChI=1S/C7H13I/c1-3-4-7(2)5-6-8/h2-6H2,1H3. The van der Waals surface area contributed by atoms with Crippen molar-refractivity contribution in [1.29, 1.82) is 0 Å². The third-order valence-electron chi connectivity index (χ3n) is 1.05. The highest BCUT2D eigenvalue weighted by Crippen LogP contribution is 2.07. The second-order valence-corrected chi connectivity index (χ2v) is 3.02. The summed E-state index contributed by atoms with van der Waals surface area (Å²) in [5, 5.41) is 0. The van der Waals surface area contributed by atoms with Gasteiger partial charge in [-0.25, -0.2) is 0 Å². The monoisotopic (exact) mass is 224 g/mol. The quantitative estimate of drug-likeness (QED) is 0.391. The van der Waals surface area contributed by atoms with Gasteiger partial charge in [-0.2, -0.15) is 0 Å². The molecule has 0 saturated heterocycles. The first-order chi connectivity index (χ1) is 3.81. The summed E-state index contributed by atoms with van der Waals surface area (Å²) < 4.78 is 1.22. The van der Waals surface area contributed by atoms with Gasteiger partial charge in [-0.3, -0.25) is 0 Å². The molecule has 0 aliphatic carbocycles. The van der Waals surface area contributed by atoms with Crippen molar-refractivity contribution in [2.24, 2.45) is 0 Å². The van der Waals surface area contributed by atoms with Crippen molar-refractivity contribution >= 4 is 22.6 Å². The molecule has 0 radical (unpaired) electrons. The summed E-state index contributed by atoms with van der Waals surface area (Å²) in [7, 11) is 0. The maximum atomic E-state index is 3.93. The normalized spacial score (nSPS) is 9.25. The van der Waals surface area contributed by atoms with Crippen molar-refractivity contribution in [3.8, 4) is 0 Å². The van der Waals surface area contributed by atoms with Crippen LogP contribution in [0.1, 0.15) is 26.2 Å². The second kappa shape index (κ2) is 5.60. The van der Waals surface area contributed by atoms with Crippen molar-refractivity contribution in [1.82, 2.24) is 0 Å². The van der Waals surface area contributed by atoms with Gasteiger partial charge in [0.1, 0.15) is 0 Å². The van der Waals surface area contributed by atoms with E-state index in [-0.39, 0.29) is 0 Å². The SMILES string of the molecule is C=C(CCC)CCI. The Bertz CT molecular complexity index is 58.8. The summed E-state index contributed by atoms with van der Waals surface area (Å²) >= 11 is 2.38. The van der Waals surface area contributed by atoms with Crippen LogP contribution in [-0.2, 0) is 0 Å². The van der Waals surface area contributed by atoms with Crippen molar-refractivity contribution in [2.45, 2.75) is 26.2 Å². The highest BCUT2D eigenvalue weighted by atomic mass is 127. The van der Waals surface area contributed by atoms with Gasteiger partial charge < -0.3 is 0 Å². The Morgan fingerprint density at radius 1 is 1.50 bits per heavy atom. The number of alkyl halides is 1. The third kappa shape index (κ3) is 4.62. The lowest BCUT2D eigenvalue weighted by molar-refractivity contribution is 0.870. The molecule has 0 aromatic heterocycles. The fourth-order valence-corrected chi connectivity index (χ4v) is 1.37. The highest BCUT2D eigenvalue weighted by molar-refractivity contribution is 14.1. The second-order valence-electron chi connectivity index (χ2n) is 1.94. The molecule has 0 N–H and O–H groups in total. The summed E-state index contributed by atoms with van der Waals surface area (Å²) in [6, 6.07) is 0. The topological polar surface area (TPSA) is 0 Å². The van der Waals surface area contributed by atoms with Crippen LogP contribution < -0.4 is 0 Å². The van der Waals surface area contributed by atoms with E-state index in [1.807, 2.05) is 0 Å². The minimum atomic E-state index is 1.20. The molecule has 0 nitrogen and oxygen atoms in total. The zero-order valence-corrected chi connectivity index (χ0v) is 7.57. The van der Waals surface area contributed by atoms with E-state index in [9.17, 15) is 0 Å². The van der Waals surface area contributed by atoms with Gasteiger partial charge in [-0.15, -0.1) is 0 Å². The van der Waals surface area contributed by atoms with Crippen LogP contribution in [0.4, 0.5) is 0 Å². The van der Waals surface area contributed by atoms with Crippen LogP contribution in [0.3, 0.4) is 0 Å². The Hall–Kier alpha value is 0.470. The van der Waals surface area contributed by atoms with Crippen LogP contribution in [-0.4, -0.2) is 4.43 Å². The summed E-state index contributed by atoms with van der Waals surface area (Å²) in [4.78, 5) is 0. The number of hydrogen-bond acceptors (Lipinski definition) is 0. The third-order valence-corrected chi connectivity index (χ3v) is 1.59. The molecule has 48 valence electrons. The van der Waals surface area contributed by atoms with Crippen molar-refractivity contribution in [3.63, 3.8) is 0 Å². The maximum Gasteiger partial charge on any atom is 0.00324 e. The van der Waals surface area contributed by atoms with E-state index in [1.165, 1.54) is 29.3 Å². The van der Waals surface area contributed by atoms with Crippen LogP contribution in [0.15, 0.2) is 12.2 Å². The Morgan fingerprint density at radius 3 is 2.50 bits per heavy atom. The maximum absolute atomic E-state index is 3.93. The molecule has 0 amide bonds. The summed E-state index contributed by atoms with van der Waals surface area (Å²) in [6.45, 7) is 6.12. The molecule has 8 heavy (non-hydrogen) atoms. The summed E-state index contributed by atoms with van der Waals surface area (Å²) in [5.41, 5.74) is 1.40. The van der Waals surface area contributed by atoms with Gasteiger partial charge in [0.05, 0.1) is 0 Å². The highest BCUT2D eigenvalue weighted by Gasteiger charge is 1.88. The van der Waals surface area contributed by atoms with E-state index in [4.69, 9.17) is 0 Å². The van der Waals surface area contributed by atoms with Gasteiger partial charge in [0, 0.05) is 4.43 Å². The van der Waals surface area contributed by atoms with Crippen molar-refractivity contribution in [2.75, 3.05) is 4.43 Å². The van der Waals surface area contributed by atoms with Gasteiger partial charge in [0.15, 0.2) is 0 Å². The van der Waals surface area contributed by atoms with Gasteiger partial charge in [0.2, 0.25) is 0 Å². The van der Waals surface area contributed by atoms with E-state index >= 15 is 0 Å². The molecule has 0 aromatic carbocycles. The first-order valence-corrected chi connectivity index (χ1v) is 4.56. The first-order valence-electron chi connectivity index (χ1n) is 3.04. The molecule has 0 spiro atoms. The van der Waals surface area contributed by atoms with E-state index in [2.05, 4.69) is 36.1 Å². The predicted octanol–water partition coefficient (Wildman–Crippen LogP) is 3.17. The van der Waals surface area contributed by atoms with E-state index in [0.29, 0.717) is 0 Å². The van der Waals surface area contributed by atoms with Crippen molar-refractivity contribution < 1.29 is 0 Å². The fourth-order valence-electron chi connectivity index (χ4n) is 0.612. The Balaban J connectivity index is 3.06. The molecule has 0 bridgehead atoms. The molecule has 0 unspecified atom stereocenters. The minimum Gasteiger partial charge on any atom is -0.0998 e. The number of rotatable bonds is 4. The lowest BCUT2D eigenvalue weighted by Gasteiger charge is -1.97. The zero-order chi connectivity index (χ0) is 6.41. The smallest absolute Gasteiger partial charge is 0.00324 e. The van der Waals surface area contributed by atoms with Crippen LogP contribution in [0.2, 0.25) is 0 Å². The first kappa shape index (κ1) is 8.47. The van der Waals surface area contributed by atoms with Gasteiger partial charge >= 0.3 is 0 Å². The number of halogens is 1. The Kier molecular flexibility index (Phi) is 5.93. The molecule has 0 aliphatic rings. The van der Waals surface area contributed by atoms with Crippen LogP contribution in [0.5, 0.6) is 0 Å². The molecule has 0 aromatic rings. The summed E-state index contributed by atoms with van der Waals surface area (Å²) in [5.74, 6) is 0. The largest absolute Gasteiger partial charge is 0.0998 e. The van der Waals surface area contributed by atoms with Crippen LogP contribution >= 0.6 is 22.6 Å². The molecule has 1 heteroatoms. The van der Waals surface area contributed by atoms with Crippen molar-refractivity contribution in [3.05, 3.63) is 12.2 Å². The molecular formula is C7H13I. The van der Waals surface area contributed by atoms with E-state index < -0.39 is 0 Å². The zero-order valence-electron chi connectivity index (χ0n) is 5.41. The molecule has 0 atom stereocenters. The van der Waals surface area contributed by atoms with Crippen LogP contribution in [0.25, 0.3) is 0 Å². The van der Waals surface area contributed by atoms with E-state index in [0.717, 1.165) is 0 Å². The molecule has 0 rings (SSSR count). The number of allylic oxidation sites excluding steroid dienone is 1. The van der Waals surface area contributed by atoms with E-state index in [1.54, 1.807) is 0 Å². The van der Waals surface area contributed by atoms with Gasteiger partial charge in [-0.1, -0.05) is 48.1 Å². The molecular weight excluding hydrogens is 211 g/mol. The summed E-state index contributed by atoms with van der Waals surface area (Å²) in [6.07, 6.45) is 3.66. The molecule has 0 aliphatic heterocycles. The molecule has 0 saturated carbocycles. The molecule has 0 fully saturated rings.